The first kappa shape index (κ1) is 24.7. The molecule has 3 atom stereocenters. The maximum absolute atomic E-state index is 12.3. The van der Waals surface area contributed by atoms with Crippen molar-refractivity contribution in [1.82, 2.24) is 5.32 Å². The Kier molecular flexibility index (Phi) is 8.32. The van der Waals surface area contributed by atoms with Gasteiger partial charge in [-0.2, -0.15) is 0 Å². The predicted molar refractivity (Wildman–Crippen MR) is 130 cm³/mol. The van der Waals surface area contributed by atoms with Crippen molar-refractivity contribution in [3.05, 3.63) is 57.0 Å². The molecule has 0 aromatic heterocycles. The van der Waals surface area contributed by atoms with Crippen LogP contribution in [0.3, 0.4) is 0 Å². The minimum atomic E-state index is -0.725. The van der Waals surface area contributed by atoms with Crippen LogP contribution >= 0.6 is 34.8 Å². The highest BCUT2D eigenvalue weighted by atomic mass is 35.5. The van der Waals surface area contributed by atoms with Crippen LogP contribution in [0.5, 0.6) is 5.75 Å². The van der Waals surface area contributed by atoms with Crippen LogP contribution in [0.1, 0.15) is 50.4 Å². The van der Waals surface area contributed by atoms with Gasteiger partial charge in [0.1, 0.15) is 6.10 Å². The first-order valence-corrected chi connectivity index (χ1v) is 11.8. The average molecular weight is 498 g/mol. The fourth-order valence-corrected chi connectivity index (χ4v) is 4.92. The summed E-state index contributed by atoms with van der Waals surface area (Å²) in [4.78, 5) is 24.5. The number of rotatable bonds is 5. The number of hydrogen-bond acceptors (Lipinski definition) is 3. The molecule has 3 unspecified atom stereocenters. The lowest BCUT2D eigenvalue weighted by atomic mass is 9.75. The third kappa shape index (κ3) is 6.09. The maximum Gasteiger partial charge on any atom is 0.326 e. The summed E-state index contributed by atoms with van der Waals surface area (Å²) >= 11 is 18.9. The first-order valence-electron chi connectivity index (χ1n) is 10.7. The molecule has 2 aromatic rings. The van der Waals surface area contributed by atoms with Crippen molar-refractivity contribution >= 4 is 52.4 Å². The molecule has 3 amide bonds. The van der Waals surface area contributed by atoms with Crippen LogP contribution < -0.4 is 15.4 Å². The number of ether oxygens (including phenoxy) is 1. The molecule has 0 radical (unpaired) electrons. The van der Waals surface area contributed by atoms with E-state index in [1.807, 2.05) is 0 Å². The molecule has 1 saturated carbocycles. The van der Waals surface area contributed by atoms with Gasteiger partial charge in [0.15, 0.2) is 5.75 Å². The monoisotopic (exact) mass is 496 g/mol. The number of urea groups is 1. The van der Waals surface area contributed by atoms with Crippen LogP contribution in [0.2, 0.25) is 15.1 Å². The molecule has 5 nitrogen and oxygen atoms in total. The van der Waals surface area contributed by atoms with E-state index < -0.39 is 11.9 Å². The van der Waals surface area contributed by atoms with E-state index in [0.717, 1.165) is 12.8 Å². The molecule has 3 rings (SSSR count). The molecular weight excluding hydrogens is 471 g/mol. The number of nitrogens with one attached hydrogen (secondary N) is 2. The van der Waals surface area contributed by atoms with Crippen molar-refractivity contribution in [1.29, 1.82) is 0 Å². The third-order valence-electron chi connectivity index (χ3n) is 5.83. The van der Waals surface area contributed by atoms with Gasteiger partial charge in [-0.3, -0.25) is 10.1 Å². The van der Waals surface area contributed by atoms with Gasteiger partial charge in [0, 0.05) is 5.69 Å². The van der Waals surface area contributed by atoms with Gasteiger partial charge >= 0.3 is 6.03 Å². The van der Waals surface area contributed by atoms with Gasteiger partial charge in [0.05, 0.1) is 20.6 Å². The summed E-state index contributed by atoms with van der Waals surface area (Å²) in [7, 11) is 0. The fourth-order valence-electron chi connectivity index (χ4n) is 4.12. The van der Waals surface area contributed by atoms with Crippen LogP contribution in [0.4, 0.5) is 10.5 Å². The second-order valence-electron chi connectivity index (χ2n) is 8.64. The Balaban J connectivity index is 1.69. The topological polar surface area (TPSA) is 67.4 Å². The summed E-state index contributed by atoms with van der Waals surface area (Å²) < 4.78 is 6.30. The van der Waals surface area contributed by atoms with Crippen molar-refractivity contribution in [2.45, 2.75) is 46.1 Å². The van der Waals surface area contributed by atoms with Gasteiger partial charge in [0.25, 0.3) is 5.91 Å². The summed E-state index contributed by atoms with van der Waals surface area (Å²) in [6.45, 7) is 6.64. The quantitative estimate of drug-likeness (QED) is 0.451. The van der Waals surface area contributed by atoms with Gasteiger partial charge in [0.2, 0.25) is 0 Å². The number of amides is 3. The van der Waals surface area contributed by atoms with Crippen LogP contribution in [0.15, 0.2) is 36.4 Å². The number of halogens is 3. The SMILES string of the molecule is CC1CCC(C(C)C)C(Oc2c(Cl)cc(NC(=O)NC(=O)c3ccccc3Cl)cc2Cl)C1. The van der Waals surface area contributed by atoms with E-state index in [0.29, 0.717) is 39.2 Å². The average Bonchev–Trinajstić information content (AvgIpc) is 2.70. The van der Waals surface area contributed by atoms with Gasteiger partial charge < -0.3 is 10.1 Å². The number of benzene rings is 2. The van der Waals surface area contributed by atoms with Gasteiger partial charge in [-0.15, -0.1) is 0 Å². The Labute approximate surface area is 203 Å². The summed E-state index contributed by atoms with van der Waals surface area (Å²) in [5.41, 5.74) is 0.541. The van der Waals surface area contributed by atoms with E-state index in [4.69, 9.17) is 39.5 Å². The molecule has 1 aliphatic carbocycles. The molecule has 0 spiro atoms. The minimum absolute atomic E-state index is 0.0316. The predicted octanol–water partition coefficient (Wildman–Crippen LogP) is 7.45. The van der Waals surface area contributed by atoms with Crippen molar-refractivity contribution in [3.63, 3.8) is 0 Å². The zero-order valence-corrected chi connectivity index (χ0v) is 20.5. The largest absolute Gasteiger partial charge is 0.487 e. The zero-order chi connectivity index (χ0) is 23.4. The van der Waals surface area contributed by atoms with Crippen molar-refractivity contribution in [2.24, 2.45) is 17.8 Å². The van der Waals surface area contributed by atoms with Crippen molar-refractivity contribution in [2.75, 3.05) is 5.32 Å². The molecule has 0 heterocycles. The highest BCUT2D eigenvalue weighted by Gasteiger charge is 2.33. The third-order valence-corrected chi connectivity index (χ3v) is 6.72. The molecule has 32 heavy (non-hydrogen) atoms. The number of anilines is 1. The Morgan fingerprint density at radius 1 is 1.03 bits per heavy atom. The van der Waals surface area contributed by atoms with Crippen LogP contribution in [0, 0.1) is 17.8 Å². The van der Waals surface area contributed by atoms with Crippen molar-refractivity contribution in [3.8, 4) is 5.75 Å². The zero-order valence-electron chi connectivity index (χ0n) is 18.3. The molecule has 2 aromatic carbocycles. The van der Waals surface area contributed by atoms with Crippen LogP contribution in [0.25, 0.3) is 0 Å². The highest BCUT2D eigenvalue weighted by molar-refractivity contribution is 6.37. The lowest BCUT2D eigenvalue weighted by Gasteiger charge is -2.37. The Morgan fingerprint density at radius 3 is 2.31 bits per heavy atom. The summed E-state index contributed by atoms with van der Waals surface area (Å²) in [5, 5.41) is 5.65. The molecule has 0 bridgehead atoms. The van der Waals surface area contributed by atoms with E-state index in [1.165, 1.54) is 12.5 Å². The second-order valence-corrected chi connectivity index (χ2v) is 9.86. The van der Waals surface area contributed by atoms with Crippen LogP contribution in [-0.2, 0) is 0 Å². The van der Waals surface area contributed by atoms with Gasteiger partial charge in [-0.05, 0) is 54.9 Å². The number of hydrogen-bond donors (Lipinski definition) is 2. The smallest absolute Gasteiger partial charge is 0.326 e. The van der Waals surface area contributed by atoms with Crippen molar-refractivity contribution < 1.29 is 14.3 Å². The molecule has 8 heteroatoms. The minimum Gasteiger partial charge on any atom is -0.487 e. The lowest BCUT2D eigenvalue weighted by Crippen LogP contribution is -2.36. The first-order chi connectivity index (χ1) is 15.2. The summed E-state index contributed by atoms with van der Waals surface area (Å²) in [6.07, 6.45) is 3.28. The summed E-state index contributed by atoms with van der Waals surface area (Å²) in [6, 6.07) is 8.85. The van der Waals surface area contributed by atoms with E-state index in [2.05, 4.69) is 31.4 Å². The molecule has 0 saturated heterocycles. The fraction of sp³-hybridized carbons (Fsp3) is 0.417. The van der Waals surface area contributed by atoms with Gasteiger partial charge in [-0.1, -0.05) is 74.1 Å². The molecule has 0 aliphatic heterocycles. The second kappa shape index (κ2) is 10.8. The maximum atomic E-state index is 12.3. The Morgan fingerprint density at radius 2 is 1.69 bits per heavy atom. The number of imide groups is 1. The standard InChI is InChI=1S/C24H27Cl3N2O3/c1-13(2)16-9-8-14(3)10-21(16)32-22-19(26)11-15(12-20(22)27)28-24(31)29-23(30)17-6-4-5-7-18(17)25/h4-7,11-14,16,21H,8-10H2,1-3H3,(H2,28,29,30,31). The van der Waals surface area contributed by atoms with E-state index >= 15 is 0 Å². The Hall–Kier alpha value is -1.95. The number of carbonyl (C=O) groups excluding carboxylic acids is 2. The van der Waals surface area contributed by atoms with E-state index in [9.17, 15) is 9.59 Å². The molecule has 2 N–H and O–H groups in total. The number of carbonyl (C=O) groups is 2. The lowest BCUT2D eigenvalue weighted by molar-refractivity contribution is 0.0461. The van der Waals surface area contributed by atoms with Crippen LogP contribution in [-0.4, -0.2) is 18.0 Å². The molecule has 1 aliphatic rings. The van der Waals surface area contributed by atoms with E-state index in [1.54, 1.807) is 30.3 Å². The Bertz CT molecular complexity index is 973. The summed E-state index contributed by atoms with van der Waals surface area (Å²) in [5.74, 6) is 1.29. The van der Waals surface area contributed by atoms with E-state index in [-0.39, 0.29) is 16.7 Å². The molecule has 172 valence electrons. The molecule has 1 fully saturated rings. The normalized spacial score (nSPS) is 20.7. The molecular formula is C24H27Cl3N2O3. The van der Waals surface area contributed by atoms with Gasteiger partial charge in [-0.25, -0.2) is 4.79 Å². The highest BCUT2D eigenvalue weighted by Crippen LogP contribution is 2.41.